The molecule has 16 heavy (non-hydrogen) atoms. The first kappa shape index (κ1) is 12.5. The molecule has 1 saturated heterocycles. The second-order valence-electron chi connectivity index (χ2n) is 4.17. The molecule has 1 heterocycles. The first-order chi connectivity index (χ1) is 7.49. The van der Waals surface area contributed by atoms with E-state index in [1.54, 1.807) is 19.9 Å². The van der Waals surface area contributed by atoms with E-state index in [-0.39, 0.29) is 6.04 Å². The lowest BCUT2D eigenvalue weighted by Crippen LogP contribution is -2.47. The van der Waals surface area contributed by atoms with Crippen LogP contribution in [0.4, 0.5) is 4.79 Å². The van der Waals surface area contributed by atoms with E-state index >= 15 is 0 Å². The maximum absolute atomic E-state index is 11.1. The highest BCUT2D eigenvalue weighted by Crippen LogP contribution is 2.29. The van der Waals surface area contributed by atoms with Crippen LogP contribution in [0.3, 0.4) is 0 Å². The second kappa shape index (κ2) is 4.99. The van der Waals surface area contributed by atoms with Crippen molar-refractivity contribution < 1.29 is 14.6 Å². The zero-order chi connectivity index (χ0) is 12.2. The predicted octanol–water partition coefficient (Wildman–Crippen LogP) is 1.96. The molecule has 1 rings (SSSR count). The molecule has 1 atom stereocenters. The SMILES string of the molecule is CC1(C)OCC(CCC=CC#N)N1C(=O)O. The van der Waals surface area contributed by atoms with Gasteiger partial charge in [-0.25, -0.2) is 4.79 Å². The van der Waals surface area contributed by atoms with Gasteiger partial charge in [-0.3, -0.25) is 4.90 Å². The molecule has 1 fully saturated rings. The number of amides is 1. The Hall–Kier alpha value is -1.54. The molecule has 1 amide bonds. The summed E-state index contributed by atoms with van der Waals surface area (Å²) in [6.45, 7) is 3.90. The van der Waals surface area contributed by atoms with Crippen LogP contribution in [0.15, 0.2) is 12.2 Å². The Morgan fingerprint density at radius 2 is 2.44 bits per heavy atom. The van der Waals surface area contributed by atoms with Gasteiger partial charge in [-0.2, -0.15) is 5.26 Å². The van der Waals surface area contributed by atoms with E-state index in [9.17, 15) is 4.79 Å². The van der Waals surface area contributed by atoms with Crippen molar-refractivity contribution in [2.24, 2.45) is 0 Å². The zero-order valence-electron chi connectivity index (χ0n) is 9.51. The van der Waals surface area contributed by atoms with Gasteiger partial charge in [0.05, 0.1) is 18.7 Å². The summed E-state index contributed by atoms with van der Waals surface area (Å²) in [6.07, 6.45) is 3.55. The summed E-state index contributed by atoms with van der Waals surface area (Å²) in [7, 11) is 0. The number of carboxylic acid groups (broad SMARTS) is 1. The van der Waals surface area contributed by atoms with Gasteiger partial charge in [0.1, 0.15) is 5.72 Å². The average molecular weight is 224 g/mol. The second-order valence-corrected chi connectivity index (χ2v) is 4.17. The lowest BCUT2D eigenvalue weighted by atomic mass is 10.1. The molecule has 1 N–H and O–H groups in total. The van der Waals surface area contributed by atoms with Crippen LogP contribution in [-0.4, -0.2) is 34.5 Å². The normalized spacial score (nSPS) is 23.6. The summed E-state index contributed by atoms with van der Waals surface area (Å²) in [6, 6.07) is 1.77. The van der Waals surface area contributed by atoms with Crippen molar-refractivity contribution in [2.45, 2.75) is 38.5 Å². The van der Waals surface area contributed by atoms with Gasteiger partial charge in [0.15, 0.2) is 0 Å². The Morgan fingerprint density at radius 1 is 1.75 bits per heavy atom. The monoisotopic (exact) mass is 224 g/mol. The van der Waals surface area contributed by atoms with E-state index in [0.29, 0.717) is 19.4 Å². The van der Waals surface area contributed by atoms with Crippen molar-refractivity contribution >= 4 is 6.09 Å². The van der Waals surface area contributed by atoms with Crippen LogP contribution in [0.1, 0.15) is 26.7 Å². The minimum atomic E-state index is -0.961. The molecule has 0 radical (unpaired) electrons. The summed E-state index contributed by atoms with van der Waals surface area (Å²) >= 11 is 0. The molecule has 0 aromatic heterocycles. The van der Waals surface area contributed by atoms with E-state index in [1.165, 1.54) is 11.0 Å². The Balaban J connectivity index is 2.58. The molecule has 1 unspecified atom stereocenters. The van der Waals surface area contributed by atoms with Crippen molar-refractivity contribution in [3.8, 4) is 6.07 Å². The quantitative estimate of drug-likeness (QED) is 0.744. The summed E-state index contributed by atoms with van der Waals surface area (Å²) < 4.78 is 5.44. The van der Waals surface area contributed by atoms with Gasteiger partial charge in [-0.1, -0.05) is 6.08 Å². The third-order valence-electron chi connectivity index (χ3n) is 2.64. The molecule has 0 aromatic carbocycles. The molecule has 88 valence electrons. The highest BCUT2D eigenvalue weighted by molar-refractivity contribution is 5.66. The maximum atomic E-state index is 11.1. The minimum Gasteiger partial charge on any atom is -0.465 e. The standard InChI is InChI=1S/C11H16N2O3/c1-11(2)13(10(14)15)9(8-16-11)6-4-3-5-7-12/h3,5,9H,4,6,8H2,1-2H3,(H,14,15). The average Bonchev–Trinajstić information content (AvgIpc) is 2.48. The lowest BCUT2D eigenvalue weighted by molar-refractivity contribution is -0.0421. The van der Waals surface area contributed by atoms with Gasteiger partial charge in [0, 0.05) is 6.08 Å². The van der Waals surface area contributed by atoms with Crippen LogP contribution in [0.2, 0.25) is 0 Å². The van der Waals surface area contributed by atoms with Gasteiger partial charge in [0.25, 0.3) is 0 Å². The molecule has 0 aromatic rings. The Bertz CT molecular complexity index is 331. The zero-order valence-corrected chi connectivity index (χ0v) is 9.51. The molecule has 0 saturated carbocycles. The molecular formula is C11H16N2O3. The van der Waals surface area contributed by atoms with Gasteiger partial charge >= 0.3 is 6.09 Å². The number of nitriles is 1. The van der Waals surface area contributed by atoms with E-state index in [1.807, 2.05) is 6.07 Å². The molecular weight excluding hydrogens is 208 g/mol. The largest absolute Gasteiger partial charge is 0.465 e. The smallest absolute Gasteiger partial charge is 0.409 e. The van der Waals surface area contributed by atoms with E-state index in [4.69, 9.17) is 15.1 Å². The lowest BCUT2D eigenvalue weighted by Gasteiger charge is -2.30. The van der Waals surface area contributed by atoms with Crippen molar-refractivity contribution in [3.05, 3.63) is 12.2 Å². The van der Waals surface area contributed by atoms with E-state index < -0.39 is 11.8 Å². The number of carbonyl (C=O) groups is 1. The number of ether oxygens (including phenoxy) is 1. The molecule has 1 aliphatic heterocycles. The predicted molar refractivity (Wildman–Crippen MR) is 57.7 cm³/mol. The summed E-state index contributed by atoms with van der Waals surface area (Å²) in [5.74, 6) is 0. The number of nitrogens with zero attached hydrogens (tertiary/aromatic N) is 2. The summed E-state index contributed by atoms with van der Waals surface area (Å²) in [4.78, 5) is 12.4. The van der Waals surface area contributed by atoms with Crippen molar-refractivity contribution in [2.75, 3.05) is 6.61 Å². The number of allylic oxidation sites excluding steroid dienone is 2. The van der Waals surface area contributed by atoms with Crippen LogP contribution in [0.25, 0.3) is 0 Å². The van der Waals surface area contributed by atoms with Crippen LogP contribution >= 0.6 is 0 Å². The molecule has 0 aliphatic carbocycles. The molecule has 0 spiro atoms. The summed E-state index contributed by atoms with van der Waals surface area (Å²) in [5, 5.41) is 17.4. The number of rotatable bonds is 3. The minimum absolute atomic E-state index is 0.129. The third kappa shape index (κ3) is 2.74. The molecule has 5 heteroatoms. The van der Waals surface area contributed by atoms with Crippen molar-refractivity contribution in [1.82, 2.24) is 4.90 Å². The summed E-state index contributed by atoms with van der Waals surface area (Å²) in [5.41, 5.74) is -0.755. The van der Waals surface area contributed by atoms with Crippen LogP contribution in [-0.2, 0) is 4.74 Å². The van der Waals surface area contributed by atoms with Gasteiger partial charge < -0.3 is 9.84 Å². The highest BCUT2D eigenvalue weighted by atomic mass is 16.5. The number of hydrogen-bond acceptors (Lipinski definition) is 3. The Labute approximate surface area is 94.9 Å². The van der Waals surface area contributed by atoms with Crippen LogP contribution < -0.4 is 0 Å². The van der Waals surface area contributed by atoms with E-state index in [0.717, 1.165) is 0 Å². The van der Waals surface area contributed by atoms with Crippen LogP contribution in [0, 0.1) is 11.3 Å². The molecule has 5 nitrogen and oxygen atoms in total. The van der Waals surface area contributed by atoms with E-state index in [2.05, 4.69) is 0 Å². The molecule has 1 aliphatic rings. The third-order valence-corrected chi connectivity index (χ3v) is 2.64. The van der Waals surface area contributed by atoms with Crippen LogP contribution in [0.5, 0.6) is 0 Å². The fraction of sp³-hybridized carbons (Fsp3) is 0.636. The van der Waals surface area contributed by atoms with Gasteiger partial charge in [-0.05, 0) is 26.7 Å². The first-order valence-corrected chi connectivity index (χ1v) is 5.20. The number of hydrogen-bond donors (Lipinski definition) is 1. The fourth-order valence-corrected chi connectivity index (χ4v) is 1.91. The Morgan fingerprint density at radius 3 is 3.00 bits per heavy atom. The van der Waals surface area contributed by atoms with Crippen molar-refractivity contribution in [3.63, 3.8) is 0 Å². The highest BCUT2D eigenvalue weighted by Gasteiger charge is 2.43. The fourth-order valence-electron chi connectivity index (χ4n) is 1.91. The van der Waals surface area contributed by atoms with Gasteiger partial charge in [-0.15, -0.1) is 0 Å². The topological polar surface area (TPSA) is 73.6 Å². The molecule has 0 bridgehead atoms. The van der Waals surface area contributed by atoms with Crippen molar-refractivity contribution in [1.29, 1.82) is 5.26 Å². The first-order valence-electron chi connectivity index (χ1n) is 5.20. The maximum Gasteiger partial charge on any atom is 0.409 e. The Kier molecular flexibility index (Phi) is 3.91. The van der Waals surface area contributed by atoms with Gasteiger partial charge in [0.2, 0.25) is 0 Å².